The van der Waals surface area contributed by atoms with Gasteiger partial charge in [0, 0.05) is 11.4 Å². The lowest BCUT2D eigenvalue weighted by atomic mass is 10.1. The van der Waals surface area contributed by atoms with Gasteiger partial charge in [-0.2, -0.15) is 0 Å². The first kappa shape index (κ1) is 18.1. The maximum absolute atomic E-state index is 12.4. The molecule has 1 aliphatic rings. The number of rotatable bonds is 5. The summed E-state index contributed by atoms with van der Waals surface area (Å²) in [5, 5.41) is 0. The number of ether oxygens (including phenoxy) is 1. The van der Waals surface area contributed by atoms with Gasteiger partial charge in [-0.05, 0) is 24.6 Å². The van der Waals surface area contributed by atoms with Crippen molar-refractivity contribution in [2.75, 3.05) is 26.2 Å². The Hall–Kier alpha value is -1.74. The number of morpholine rings is 1. The first-order valence-electron chi connectivity index (χ1n) is 7.96. The average Bonchev–Trinajstić information content (AvgIpc) is 3.08. The quantitative estimate of drug-likeness (QED) is 0.860. The number of carbonyl (C=O) groups is 1. The predicted octanol–water partition coefficient (Wildman–Crippen LogP) is 1.93. The molecule has 0 saturated carbocycles. The fraction of sp³-hybridized carbons (Fsp3) is 0.353. The zero-order valence-corrected chi connectivity index (χ0v) is 15.5. The molecule has 8 heteroatoms. The van der Waals surface area contributed by atoms with Gasteiger partial charge < -0.3 is 9.64 Å². The molecule has 6 nitrogen and oxygen atoms in total. The van der Waals surface area contributed by atoms with Crippen LogP contribution in [0.1, 0.15) is 16.5 Å². The minimum atomic E-state index is -3.65. The minimum Gasteiger partial charge on any atom is -0.370 e. The molecule has 1 saturated heterocycles. The van der Waals surface area contributed by atoms with Crippen LogP contribution in [-0.2, 0) is 19.6 Å². The summed E-state index contributed by atoms with van der Waals surface area (Å²) in [6.07, 6.45) is -0.185. The van der Waals surface area contributed by atoms with Gasteiger partial charge in [0.15, 0.2) is 0 Å². The molecule has 2 heterocycles. The van der Waals surface area contributed by atoms with Crippen LogP contribution in [0.2, 0.25) is 0 Å². The van der Waals surface area contributed by atoms with Gasteiger partial charge in [0.05, 0.1) is 19.7 Å². The lowest BCUT2D eigenvalue weighted by molar-refractivity contribution is -0.137. The first-order valence-corrected chi connectivity index (χ1v) is 10.3. The third-order valence-electron chi connectivity index (χ3n) is 3.98. The number of nitrogens with zero attached hydrogens (tertiary/aromatic N) is 1. The van der Waals surface area contributed by atoms with Crippen molar-refractivity contribution in [2.45, 2.75) is 17.2 Å². The molecule has 1 aliphatic heterocycles. The van der Waals surface area contributed by atoms with Gasteiger partial charge in [-0.3, -0.25) is 4.79 Å². The smallest absolute Gasteiger partial charge is 0.250 e. The highest BCUT2D eigenvalue weighted by Crippen LogP contribution is 2.22. The van der Waals surface area contributed by atoms with Crippen molar-refractivity contribution in [3.63, 3.8) is 0 Å². The van der Waals surface area contributed by atoms with Crippen LogP contribution in [0.15, 0.2) is 46.7 Å². The number of aryl methyl sites for hydroxylation is 1. The monoisotopic (exact) mass is 380 g/mol. The van der Waals surface area contributed by atoms with E-state index >= 15 is 0 Å². The van der Waals surface area contributed by atoms with Crippen molar-refractivity contribution in [3.8, 4) is 0 Å². The van der Waals surface area contributed by atoms with Gasteiger partial charge in [-0.1, -0.05) is 30.3 Å². The van der Waals surface area contributed by atoms with E-state index in [1.807, 2.05) is 37.3 Å². The predicted molar refractivity (Wildman–Crippen MR) is 96.0 cm³/mol. The van der Waals surface area contributed by atoms with E-state index < -0.39 is 10.0 Å². The summed E-state index contributed by atoms with van der Waals surface area (Å²) < 4.78 is 32.8. The molecule has 0 bridgehead atoms. The standard InChI is InChI=1S/C17H20N2O4S2/c1-13-7-8-17(24-13)25(21,22)18-11-16(20)19-9-10-23-15(12-19)14-5-3-2-4-6-14/h2-8,15,18H,9-12H2,1H3/t15-/m0/s1. The highest BCUT2D eigenvalue weighted by molar-refractivity contribution is 7.91. The van der Waals surface area contributed by atoms with Gasteiger partial charge in [-0.25, -0.2) is 13.1 Å². The Kier molecular flexibility index (Phi) is 5.53. The van der Waals surface area contributed by atoms with E-state index in [0.717, 1.165) is 10.4 Å². The van der Waals surface area contributed by atoms with Crippen molar-refractivity contribution >= 4 is 27.3 Å². The average molecular weight is 380 g/mol. The summed E-state index contributed by atoms with van der Waals surface area (Å²) >= 11 is 1.18. The molecule has 134 valence electrons. The van der Waals surface area contributed by atoms with Gasteiger partial charge in [0.2, 0.25) is 5.91 Å². The Morgan fingerprint density at radius 3 is 2.72 bits per heavy atom. The van der Waals surface area contributed by atoms with Crippen LogP contribution >= 0.6 is 11.3 Å². The zero-order chi connectivity index (χ0) is 17.9. The highest BCUT2D eigenvalue weighted by Gasteiger charge is 2.26. The summed E-state index contributed by atoms with van der Waals surface area (Å²) in [6, 6.07) is 13.0. The topological polar surface area (TPSA) is 75.7 Å². The molecule has 25 heavy (non-hydrogen) atoms. The fourth-order valence-electron chi connectivity index (χ4n) is 2.64. The molecule has 1 atom stereocenters. The zero-order valence-electron chi connectivity index (χ0n) is 13.8. The summed E-state index contributed by atoms with van der Waals surface area (Å²) in [7, 11) is -3.65. The molecule has 1 N–H and O–H groups in total. The maximum atomic E-state index is 12.4. The number of hydrogen-bond donors (Lipinski definition) is 1. The van der Waals surface area contributed by atoms with Crippen molar-refractivity contribution in [2.24, 2.45) is 0 Å². The molecule has 1 amide bonds. The molecule has 0 unspecified atom stereocenters. The molecule has 1 aromatic heterocycles. The van der Waals surface area contributed by atoms with E-state index in [1.165, 1.54) is 11.3 Å². The highest BCUT2D eigenvalue weighted by atomic mass is 32.2. The van der Waals surface area contributed by atoms with Crippen molar-refractivity contribution in [1.29, 1.82) is 0 Å². The van der Waals surface area contributed by atoms with Crippen molar-refractivity contribution < 1.29 is 17.9 Å². The summed E-state index contributed by atoms with van der Waals surface area (Å²) in [4.78, 5) is 15.0. The Bertz CT molecular complexity index is 833. The van der Waals surface area contributed by atoms with Crippen LogP contribution in [-0.4, -0.2) is 45.5 Å². The SMILES string of the molecule is Cc1ccc(S(=O)(=O)NCC(=O)N2CCO[C@H](c3ccccc3)C2)s1. The minimum absolute atomic E-state index is 0.185. The molecule has 2 aromatic rings. The van der Waals surface area contributed by atoms with Gasteiger partial charge in [-0.15, -0.1) is 11.3 Å². The van der Waals surface area contributed by atoms with E-state index in [0.29, 0.717) is 19.7 Å². The van der Waals surface area contributed by atoms with Crippen LogP contribution in [0.4, 0.5) is 0 Å². The molecule has 0 radical (unpaired) electrons. The number of amides is 1. The Balaban J connectivity index is 1.59. The molecule has 0 spiro atoms. The second-order valence-electron chi connectivity index (χ2n) is 5.80. The van der Waals surface area contributed by atoms with Gasteiger partial charge in [0.25, 0.3) is 10.0 Å². The number of nitrogens with one attached hydrogen (secondary N) is 1. The summed E-state index contributed by atoms with van der Waals surface area (Å²) in [5.41, 5.74) is 1.01. The van der Waals surface area contributed by atoms with E-state index in [1.54, 1.807) is 17.0 Å². The third-order valence-corrected chi connectivity index (χ3v) is 6.88. The lowest BCUT2D eigenvalue weighted by Crippen LogP contribution is -2.46. The number of carbonyl (C=O) groups excluding carboxylic acids is 1. The van der Waals surface area contributed by atoms with Crippen LogP contribution < -0.4 is 4.72 Å². The molecule has 1 fully saturated rings. The first-order chi connectivity index (χ1) is 12.0. The van der Waals surface area contributed by atoms with E-state index in [9.17, 15) is 13.2 Å². The fourth-order valence-corrected chi connectivity index (χ4v) is 4.94. The van der Waals surface area contributed by atoms with Crippen LogP contribution in [0.5, 0.6) is 0 Å². The number of hydrogen-bond acceptors (Lipinski definition) is 5. The van der Waals surface area contributed by atoms with Crippen molar-refractivity contribution in [1.82, 2.24) is 9.62 Å². The molecular formula is C17H20N2O4S2. The maximum Gasteiger partial charge on any atom is 0.250 e. The molecule has 3 rings (SSSR count). The van der Waals surface area contributed by atoms with Crippen molar-refractivity contribution in [3.05, 3.63) is 52.9 Å². The molecule has 0 aliphatic carbocycles. The molecule has 1 aromatic carbocycles. The Morgan fingerprint density at radius 2 is 2.04 bits per heavy atom. The van der Waals surface area contributed by atoms with Gasteiger partial charge >= 0.3 is 0 Å². The van der Waals surface area contributed by atoms with Gasteiger partial charge in [0.1, 0.15) is 10.3 Å². The number of sulfonamides is 1. The Morgan fingerprint density at radius 1 is 1.28 bits per heavy atom. The summed E-state index contributed by atoms with van der Waals surface area (Å²) in [6.45, 7) is 2.90. The second-order valence-corrected chi connectivity index (χ2v) is 9.08. The number of thiophene rings is 1. The van der Waals surface area contributed by atoms with E-state index in [-0.39, 0.29) is 22.8 Å². The number of benzene rings is 1. The van der Waals surface area contributed by atoms with E-state index in [2.05, 4.69) is 4.72 Å². The van der Waals surface area contributed by atoms with Crippen LogP contribution in [0, 0.1) is 6.92 Å². The summed E-state index contributed by atoms with van der Waals surface area (Å²) in [5.74, 6) is -0.249. The van der Waals surface area contributed by atoms with Crippen LogP contribution in [0.25, 0.3) is 0 Å². The molecular weight excluding hydrogens is 360 g/mol. The largest absolute Gasteiger partial charge is 0.370 e. The van der Waals surface area contributed by atoms with Crippen LogP contribution in [0.3, 0.4) is 0 Å². The lowest BCUT2D eigenvalue weighted by Gasteiger charge is -2.33. The Labute approximate surface area is 151 Å². The van der Waals surface area contributed by atoms with E-state index in [4.69, 9.17) is 4.74 Å². The normalized spacial score (nSPS) is 18.3. The third kappa shape index (κ3) is 4.46. The second kappa shape index (κ2) is 7.65.